The van der Waals surface area contributed by atoms with Crippen LogP contribution in [-0.2, 0) is 0 Å². The van der Waals surface area contributed by atoms with Crippen molar-refractivity contribution < 1.29 is 0 Å². The summed E-state index contributed by atoms with van der Waals surface area (Å²) < 4.78 is 0. The van der Waals surface area contributed by atoms with Gasteiger partial charge in [0.1, 0.15) is 0 Å². The van der Waals surface area contributed by atoms with Gasteiger partial charge in [0.2, 0.25) is 0 Å². The SMILES string of the molecule is C[C@@H]1[C@@H](C#N)[C@@H]2C=C[C@H]1CC2. The summed E-state index contributed by atoms with van der Waals surface area (Å²) in [5.41, 5.74) is 0. The van der Waals surface area contributed by atoms with Crippen molar-refractivity contribution in [2.45, 2.75) is 19.8 Å². The van der Waals surface area contributed by atoms with Crippen molar-refractivity contribution in [1.29, 1.82) is 5.26 Å². The molecule has 0 N–H and O–H groups in total. The standard InChI is InChI=1S/C10H13N/c1-7-8-2-4-9(5-3-8)10(7)6-11/h2,4,7-10H,3,5H2,1H3/t7-,8-,9+,10+/m0/s1. The van der Waals surface area contributed by atoms with Gasteiger partial charge >= 0.3 is 0 Å². The van der Waals surface area contributed by atoms with E-state index in [9.17, 15) is 0 Å². The van der Waals surface area contributed by atoms with Gasteiger partial charge in [0.05, 0.1) is 12.0 Å². The Morgan fingerprint density at radius 3 is 2.27 bits per heavy atom. The van der Waals surface area contributed by atoms with E-state index >= 15 is 0 Å². The summed E-state index contributed by atoms with van der Waals surface area (Å²) in [7, 11) is 0. The third-order valence-electron chi connectivity index (χ3n) is 3.29. The van der Waals surface area contributed by atoms with Gasteiger partial charge in [-0.05, 0) is 30.6 Å². The smallest absolute Gasteiger partial charge is 0.0665 e. The van der Waals surface area contributed by atoms with Crippen molar-refractivity contribution in [1.82, 2.24) is 0 Å². The number of hydrogen-bond acceptors (Lipinski definition) is 1. The predicted molar refractivity (Wildman–Crippen MR) is 43.6 cm³/mol. The van der Waals surface area contributed by atoms with Crippen LogP contribution in [0.3, 0.4) is 0 Å². The molecule has 1 nitrogen and oxygen atoms in total. The van der Waals surface area contributed by atoms with Gasteiger partial charge in [-0.25, -0.2) is 0 Å². The Hall–Kier alpha value is -0.770. The lowest BCUT2D eigenvalue weighted by Crippen LogP contribution is -2.34. The van der Waals surface area contributed by atoms with Crippen LogP contribution >= 0.6 is 0 Å². The molecule has 0 aromatic heterocycles. The molecule has 1 heteroatoms. The Kier molecular flexibility index (Phi) is 1.49. The summed E-state index contributed by atoms with van der Waals surface area (Å²) in [5, 5.41) is 8.90. The fraction of sp³-hybridized carbons (Fsp3) is 0.700. The van der Waals surface area contributed by atoms with Crippen LogP contribution in [0.5, 0.6) is 0 Å². The van der Waals surface area contributed by atoms with E-state index in [1.165, 1.54) is 12.8 Å². The van der Waals surface area contributed by atoms with Gasteiger partial charge in [-0.1, -0.05) is 19.1 Å². The molecule has 3 rings (SSSR count). The molecule has 11 heavy (non-hydrogen) atoms. The lowest BCUT2D eigenvalue weighted by Gasteiger charge is -2.39. The topological polar surface area (TPSA) is 23.8 Å². The number of nitriles is 1. The lowest BCUT2D eigenvalue weighted by atomic mass is 9.63. The maximum absolute atomic E-state index is 8.90. The van der Waals surface area contributed by atoms with E-state index in [2.05, 4.69) is 25.1 Å². The van der Waals surface area contributed by atoms with Gasteiger partial charge in [0.25, 0.3) is 0 Å². The molecule has 3 aliphatic carbocycles. The van der Waals surface area contributed by atoms with Crippen LogP contribution in [0.15, 0.2) is 12.2 Å². The van der Waals surface area contributed by atoms with E-state index in [-0.39, 0.29) is 0 Å². The second-order valence-corrected chi connectivity index (χ2v) is 3.80. The normalized spacial score (nSPS) is 47.3. The minimum Gasteiger partial charge on any atom is -0.198 e. The Morgan fingerprint density at radius 2 is 1.91 bits per heavy atom. The number of allylic oxidation sites excluding steroid dienone is 2. The second-order valence-electron chi connectivity index (χ2n) is 3.80. The minimum atomic E-state index is 0.304. The largest absolute Gasteiger partial charge is 0.198 e. The van der Waals surface area contributed by atoms with Gasteiger partial charge < -0.3 is 0 Å². The average Bonchev–Trinajstić information content (AvgIpc) is 2.06. The van der Waals surface area contributed by atoms with Crippen molar-refractivity contribution in [2.75, 3.05) is 0 Å². The zero-order valence-electron chi connectivity index (χ0n) is 6.83. The Balaban J connectivity index is 2.28. The van der Waals surface area contributed by atoms with Gasteiger partial charge in [-0.2, -0.15) is 5.26 Å². The summed E-state index contributed by atoms with van der Waals surface area (Å²) in [6.45, 7) is 2.22. The van der Waals surface area contributed by atoms with E-state index in [4.69, 9.17) is 5.26 Å². The fourth-order valence-electron chi connectivity index (χ4n) is 2.47. The zero-order chi connectivity index (χ0) is 7.84. The molecular formula is C10H13N. The number of hydrogen-bond donors (Lipinski definition) is 0. The van der Waals surface area contributed by atoms with Crippen LogP contribution in [0.1, 0.15) is 19.8 Å². The first kappa shape index (κ1) is 6.91. The maximum atomic E-state index is 8.90. The summed E-state index contributed by atoms with van der Waals surface area (Å²) in [4.78, 5) is 0. The molecule has 2 bridgehead atoms. The fourth-order valence-corrected chi connectivity index (χ4v) is 2.47. The average molecular weight is 147 g/mol. The number of fused-ring (bicyclic) bond motifs is 2. The molecule has 58 valence electrons. The molecule has 0 amide bonds. The molecule has 0 aliphatic heterocycles. The van der Waals surface area contributed by atoms with Crippen LogP contribution in [0.4, 0.5) is 0 Å². The predicted octanol–water partition coefficient (Wildman–Crippen LogP) is 2.36. The highest BCUT2D eigenvalue weighted by molar-refractivity contribution is 5.13. The highest BCUT2D eigenvalue weighted by atomic mass is 14.4. The van der Waals surface area contributed by atoms with Crippen molar-refractivity contribution in [3.8, 4) is 6.07 Å². The second kappa shape index (κ2) is 2.37. The van der Waals surface area contributed by atoms with E-state index in [1.807, 2.05) is 0 Å². The first-order chi connectivity index (χ1) is 5.33. The molecule has 0 unspecified atom stereocenters. The molecule has 4 atom stereocenters. The van der Waals surface area contributed by atoms with Crippen LogP contribution in [0, 0.1) is 35.0 Å². The van der Waals surface area contributed by atoms with E-state index < -0.39 is 0 Å². The van der Waals surface area contributed by atoms with Gasteiger partial charge in [-0.15, -0.1) is 0 Å². The monoisotopic (exact) mass is 147 g/mol. The summed E-state index contributed by atoms with van der Waals surface area (Å²) in [5.74, 6) is 2.17. The quantitative estimate of drug-likeness (QED) is 0.482. The van der Waals surface area contributed by atoms with E-state index in [0.717, 1.165) is 0 Å². The third-order valence-corrected chi connectivity index (χ3v) is 3.29. The molecule has 0 heterocycles. The molecular weight excluding hydrogens is 134 g/mol. The van der Waals surface area contributed by atoms with Crippen LogP contribution in [-0.4, -0.2) is 0 Å². The number of rotatable bonds is 0. The van der Waals surface area contributed by atoms with Crippen LogP contribution in [0.2, 0.25) is 0 Å². The van der Waals surface area contributed by atoms with Gasteiger partial charge in [0.15, 0.2) is 0 Å². The van der Waals surface area contributed by atoms with Gasteiger partial charge in [-0.3, -0.25) is 0 Å². The minimum absolute atomic E-state index is 0.304. The van der Waals surface area contributed by atoms with Gasteiger partial charge in [0, 0.05) is 0 Å². The van der Waals surface area contributed by atoms with Crippen molar-refractivity contribution in [2.24, 2.45) is 23.7 Å². The number of nitrogens with zero attached hydrogens (tertiary/aromatic N) is 1. The zero-order valence-corrected chi connectivity index (χ0v) is 6.83. The summed E-state index contributed by atoms with van der Waals surface area (Å²) in [6.07, 6.45) is 7.11. The van der Waals surface area contributed by atoms with Crippen molar-refractivity contribution >= 4 is 0 Å². The molecule has 0 aromatic rings. The van der Waals surface area contributed by atoms with Crippen molar-refractivity contribution in [3.05, 3.63) is 12.2 Å². The Bertz CT molecular complexity index is 224. The molecule has 1 saturated carbocycles. The lowest BCUT2D eigenvalue weighted by molar-refractivity contribution is 0.180. The highest BCUT2D eigenvalue weighted by Gasteiger charge is 2.37. The van der Waals surface area contributed by atoms with Crippen molar-refractivity contribution in [3.63, 3.8) is 0 Å². The summed E-state index contributed by atoms with van der Waals surface area (Å²) in [6, 6.07) is 2.43. The Morgan fingerprint density at radius 1 is 1.27 bits per heavy atom. The molecule has 0 saturated heterocycles. The highest BCUT2D eigenvalue weighted by Crippen LogP contribution is 2.43. The molecule has 0 spiro atoms. The molecule has 3 aliphatic rings. The van der Waals surface area contributed by atoms with E-state index in [0.29, 0.717) is 23.7 Å². The third kappa shape index (κ3) is 0.894. The van der Waals surface area contributed by atoms with Crippen LogP contribution in [0.25, 0.3) is 0 Å². The first-order valence-electron chi connectivity index (χ1n) is 4.41. The molecule has 1 fully saturated rings. The van der Waals surface area contributed by atoms with Crippen LogP contribution < -0.4 is 0 Å². The first-order valence-corrected chi connectivity index (χ1v) is 4.41. The van der Waals surface area contributed by atoms with E-state index in [1.54, 1.807) is 0 Å². The molecule has 0 radical (unpaired) electrons. The Labute approximate surface area is 67.7 Å². The maximum Gasteiger partial charge on any atom is 0.0665 e. The summed E-state index contributed by atoms with van der Waals surface area (Å²) >= 11 is 0. The molecule has 0 aromatic carbocycles.